The second-order valence-electron chi connectivity index (χ2n) is 6.65. The minimum Gasteiger partial charge on any atom is -0.324 e. The Morgan fingerprint density at radius 2 is 2.11 bits per heavy atom. The van der Waals surface area contributed by atoms with Gasteiger partial charge in [0.15, 0.2) is 0 Å². The number of nitrogens with zero attached hydrogens (tertiary/aromatic N) is 2. The highest BCUT2D eigenvalue weighted by atomic mass is 16.2. The summed E-state index contributed by atoms with van der Waals surface area (Å²) >= 11 is 0. The molecule has 0 saturated carbocycles. The number of rotatable bonds is 4. The molecule has 1 N–H and O–H groups in total. The number of hydrogen-bond donors (Lipinski definition) is 1. The first kappa shape index (κ1) is 14.8. The van der Waals surface area contributed by atoms with Gasteiger partial charge in [-0.3, -0.25) is 10.1 Å². The summed E-state index contributed by atoms with van der Waals surface area (Å²) in [4.78, 5) is 16.8. The van der Waals surface area contributed by atoms with Gasteiger partial charge >= 0.3 is 0 Å². The summed E-state index contributed by atoms with van der Waals surface area (Å²) < 4.78 is 0. The maximum absolute atomic E-state index is 12.3. The standard InChI is InChI=1S/C15H29N3O/c1-11(2)9-14-16-12(3)15(19)18(14)10-13-7-5-6-8-17(13)4/h11-14,16H,5-10H2,1-4H3. The fourth-order valence-electron chi connectivity index (χ4n) is 3.31. The monoisotopic (exact) mass is 267 g/mol. The summed E-state index contributed by atoms with van der Waals surface area (Å²) in [7, 11) is 2.19. The minimum absolute atomic E-state index is 0.0161. The third kappa shape index (κ3) is 3.48. The van der Waals surface area contributed by atoms with Crippen LogP contribution >= 0.6 is 0 Å². The Kier molecular flexibility index (Phi) is 4.85. The van der Waals surface area contributed by atoms with E-state index in [1.807, 2.05) is 6.92 Å². The molecule has 4 nitrogen and oxygen atoms in total. The van der Waals surface area contributed by atoms with Crippen LogP contribution in [0.3, 0.4) is 0 Å². The van der Waals surface area contributed by atoms with Crippen molar-refractivity contribution in [2.75, 3.05) is 20.1 Å². The van der Waals surface area contributed by atoms with Crippen molar-refractivity contribution in [2.45, 2.75) is 64.7 Å². The molecule has 0 aromatic heterocycles. The van der Waals surface area contributed by atoms with E-state index in [1.54, 1.807) is 0 Å². The van der Waals surface area contributed by atoms with Gasteiger partial charge in [0.25, 0.3) is 0 Å². The van der Waals surface area contributed by atoms with Crippen molar-refractivity contribution < 1.29 is 4.79 Å². The van der Waals surface area contributed by atoms with Crippen molar-refractivity contribution in [3.63, 3.8) is 0 Å². The fourth-order valence-corrected chi connectivity index (χ4v) is 3.31. The highest BCUT2D eigenvalue weighted by molar-refractivity contribution is 5.83. The smallest absolute Gasteiger partial charge is 0.240 e. The molecule has 3 atom stereocenters. The van der Waals surface area contributed by atoms with Crippen LogP contribution in [0.1, 0.15) is 46.5 Å². The molecule has 0 spiro atoms. The van der Waals surface area contributed by atoms with E-state index < -0.39 is 0 Å². The van der Waals surface area contributed by atoms with E-state index in [0.717, 1.165) is 13.0 Å². The normalized spacial score (nSPS) is 33.4. The van der Waals surface area contributed by atoms with Gasteiger partial charge in [-0.05, 0) is 45.7 Å². The summed E-state index contributed by atoms with van der Waals surface area (Å²) in [6, 6.07) is 0.525. The van der Waals surface area contributed by atoms with Crippen molar-refractivity contribution >= 4 is 5.91 Å². The Morgan fingerprint density at radius 1 is 1.37 bits per heavy atom. The van der Waals surface area contributed by atoms with Crippen LogP contribution in [0.15, 0.2) is 0 Å². The van der Waals surface area contributed by atoms with Gasteiger partial charge in [0, 0.05) is 12.6 Å². The van der Waals surface area contributed by atoms with Crippen LogP contribution in [-0.4, -0.2) is 54.1 Å². The van der Waals surface area contributed by atoms with Crippen LogP contribution in [0.2, 0.25) is 0 Å². The number of hydrogen-bond acceptors (Lipinski definition) is 3. The van der Waals surface area contributed by atoms with Gasteiger partial charge in [-0.15, -0.1) is 0 Å². The lowest BCUT2D eigenvalue weighted by molar-refractivity contribution is -0.130. The van der Waals surface area contributed by atoms with E-state index in [-0.39, 0.29) is 18.1 Å². The lowest BCUT2D eigenvalue weighted by Crippen LogP contribution is -2.49. The number of likely N-dealkylation sites (N-methyl/N-ethyl adjacent to an activating group) is 1. The first-order valence-electron chi connectivity index (χ1n) is 7.75. The summed E-state index contributed by atoms with van der Waals surface area (Å²) in [5.41, 5.74) is 0. The quantitative estimate of drug-likeness (QED) is 0.841. The van der Waals surface area contributed by atoms with E-state index in [2.05, 4.69) is 36.0 Å². The van der Waals surface area contributed by atoms with Crippen LogP contribution in [0, 0.1) is 5.92 Å². The summed E-state index contributed by atoms with van der Waals surface area (Å²) in [5.74, 6) is 0.895. The van der Waals surface area contributed by atoms with Crippen LogP contribution in [-0.2, 0) is 4.79 Å². The first-order valence-corrected chi connectivity index (χ1v) is 7.75. The maximum atomic E-state index is 12.3. The minimum atomic E-state index is -0.0161. The third-order valence-corrected chi connectivity index (χ3v) is 4.50. The molecule has 2 fully saturated rings. The molecule has 2 heterocycles. The Labute approximate surface area is 117 Å². The zero-order valence-electron chi connectivity index (χ0n) is 12.9. The predicted molar refractivity (Wildman–Crippen MR) is 77.8 cm³/mol. The molecule has 0 aromatic carbocycles. The molecule has 2 aliphatic rings. The second-order valence-corrected chi connectivity index (χ2v) is 6.65. The molecular formula is C15H29N3O. The van der Waals surface area contributed by atoms with E-state index >= 15 is 0 Å². The SMILES string of the molecule is CC(C)CC1NC(C)C(=O)N1CC1CCCCN1C. The zero-order valence-corrected chi connectivity index (χ0v) is 12.9. The number of carbonyl (C=O) groups excluding carboxylic acids is 1. The van der Waals surface area contributed by atoms with Gasteiger partial charge in [-0.2, -0.15) is 0 Å². The number of likely N-dealkylation sites (tertiary alicyclic amines) is 1. The largest absolute Gasteiger partial charge is 0.324 e. The highest BCUT2D eigenvalue weighted by Gasteiger charge is 2.38. The summed E-state index contributed by atoms with van der Waals surface area (Å²) in [6.07, 6.45) is 5.10. The Hall–Kier alpha value is -0.610. The van der Waals surface area contributed by atoms with E-state index in [0.29, 0.717) is 12.0 Å². The van der Waals surface area contributed by atoms with Crippen molar-refractivity contribution in [3.05, 3.63) is 0 Å². The average molecular weight is 267 g/mol. The van der Waals surface area contributed by atoms with E-state index in [4.69, 9.17) is 0 Å². The number of nitrogens with one attached hydrogen (secondary N) is 1. The molecule has 3 unspecified atom stereocenters. The lowest BCUT2D eigenvalue weighted by atomic mass is 10.0. The Bertz CT molecular complexity index is 319. The van der Waals surface area contributed by atoms with Crippen LogP contribution in [0.5, 0.6) is 0 Å². The molecular weight excluding hydrogens is 238 g/mol. The van der Waals surface area contributed by atoms with E-state index in [9.17, 15) is 4.79 Å². The molecule has 110 valence electrons. The topological polar surface area (TPSA) is 35.6 Å². The van der Waals surface area contributed by atoms with Crippen molar-refractivity contribution in [3.8, 4) is 0 Å². The molecule has 0 aliphatic carbocycles. The van der Waals surface area contributed by atoms with Crippen molar-refractivity contribution in [1.82, 2.24) is 15.1 Å². The summed E-state index contributed by atoms with van der Waals surface area (Å²) in [5, 5.41) is 3.45. The van der Waals surface area contributed by atoms with Gasteiger partial charge in [-0.1, -0.05) is 20.3 Å². The third-order valence-electron chi connectivity index (χ3n) is 4.50. The molecule has 4 heteroatoms. The van der Waals surface area contributed by atoms with Gasteiger partial charge in [0.2, 0.25) is 5.91 Å². The number of piperidine rings is 1. The molecule has 19 heavy (non-hydrogen) atoms. The van der Waals surface area contributed by atoms with E-state index in [1.165, 1.54) is 25.8 Å². The molecule has 0 aromatic rings. The number of amides is 1. The molecule has 2 aliphatic heterocycles. The fraction of sp³-hybridized carbons (Fsp3) is 0.933. The van der Waals surface area contributed by atoms with Gasteiger partial charge in [0.1, 0.15) is 0 Å². The summed E-state index contributed by atoms with van der Waals surface area (Å²) in [6.45, 7) is 8.49. The molecule has 2 saturated heterocycles. The molecule has 0 bridgehead atoms. The lowest BCUT2D eigenvalue weighted by Gasteiger charge is -2.37. The molecule has 1 amide bonds. The van der Waals surface area contributed by atoms with Crippen LogP contribution in [0.25, 0.3) is 0 Å². The predicted octanol–water partition coefficient (Wildman–Crippen LogP) is 1.66. The first-order chi connectivity index (χ1) is 8.99. The molecule has 2 rings (SSSR count). The van der Waals surface area contributed by atoms with Gasteiger partial charge in [0.05, 0.1) is 12.2 Å². The highest BCUT2D eigenvalue weighted by Crippen LogP contribution is 2.22. The van der Waals surface area contributed by atoms with Crippen molar-refractivity contribution in [1.29, 1.82) is 0 Å². The van der Waals surface area contributed by atoms with Crippen LogP contribution in [0.4, 0.5) is 0 Å². The number of carbonyl (C=O) groups is 1. The Morgan fingerprint density at radius 3 is 2.74 bits per heavy atom. The van der Waals surface area contributed by atoms with Crippen molar-refractivity contribution in [2.24, 2.45) is 5.92 Å². The van der Waals surface area contributed by atoms with Gasteiger partial charge < -0.3 is 9.80 Å². The average Bonchev–Trinajstić information content (AvgIpc) is 2.59. The zero-order chi connectivity index (χ0) is 14.0. The molecule has 0 radical (unpaired) electrons. The maximum Gasteiger partial charge on any atom is 0.240 e. The van der Waals surface area contributed by atoms with Gasteiger partial charge in [-0.25, -0.2) is 0 Å². The van der Waals surface area contributed by atoms with Crippen LogP contribution < -0.4 is 5.32 Å². The second kappa shape index (κ2) is 6.23. The Balaban J connectivity index is 2.00.